The number of phenolic OH excluding ortho intramolecular Hbond substituents is 1. The molecule has 1 saturated heterocycles. The molecule has 6 atom stereocenters. The number of carbonyl (C=O) groups excluding carboxylic acids is 2. The van der Waals surface area contributed by atoms with E-state index in [1.54, 1.807) is 12.1 Å². The molecule has 0 spiro atoms. The van der Waals surface area contributed by atoms with Crippen LogP contribution >= 0.6 is 0 Å². The second kappa shape index (κ2) is 11.7. The molecule has 5 N–H and O–H groups in total. The van der Waals surface area contributed by atoms with E-state index in [0.717, 1.165) is 6.08 Å². The summed E-state index contributed by atoms with van der Waals surface area (Å²) in [7, 11) is 0. The number of esters is 2. The fourth-order valence-corrected chi connectivity index (χ4v) is 2.69. The number of hydrogen-bond acceptors (Lipinski definition) is 11. The molecule has 1 fully saturated rings. The number of hydrogen-bond donors (Lipinski definition) is 5. The molecule has 11 nitrogen and oxygen atoms in total. The molecule has 0 amide bonds. The zero-order chi connectivity index (χ0) is 23.0. The predicted molar refractivity (Wildman–Crippen MR) is 103 cm³/mol. The van der Waals surface area contributed by atoms with Gasteiger partial charge in [-0.05, 0) is 23.8 Å². The monoisotopic (exact) mass is 442 g/mol. The lowest BCUT2D eigenvalue weighted by Gasteiger charge is -2.39. The molecule has 0 saturated carbocycles. The summed E-state index contributed by atoms with van der Waals surface area (Å²) < 4.78 is 20.6. The SMILES string of the molecule is CC(=O)OC[C@H](CO[C@@H]1O[C@H](CO)[C@@H](O)[C@H](O)[C@H]1O)OC(=O)/C=C/c1ccc(O)cc1. The van der Waals surface area contributed by atoms with E-state index in [2.05, 4.69) is 0 Å². The van der Waals surface area contributed by atoms with Crippen molar-refractivity contribution in [1.82, 2.24) is 0 Å². The molecule has 0 unspecified atom stereocenters. The van der Waals surface area contributed by atoms with Crippen LogP contribution in [0, 0.1) is 0 Å². The highest BCUT2D eigenvalue weighted by molar-refractivity contribution is 5.87. The fourth-order valence-electron chi connectivity index (χ4n) is 2.69. The van der Waals surface area contributed by atoms with Crippen molar-refractivity contribution >= 4 is 18.0 Å². The number of aliphatic hydroxyl groups excluding tert-OH is 4. The molecular weight excluding hydrogens is 416 g/mol. The predicted octanol–water partition coefficient (Wildman–Crippen LogP) is -1.30. The Morgan fingerprint density at radius 3 is 2.39 bits per heavy atom. The third-order valence-corrected chi connectivity index (χ3v) is 4.36. The highest BCUT2D eigenvalue weighted by Gasteiger charge is 2.44. The van der Waals surface area contributed by atoms with Gasteiger partial charge in [0.1, 0.15) is 36.8 Å². The Morgan fingerprint density at radius 1 is 1.10 bits per heavy atom. The van der Waals surface area contributed by atoms with E-state index in [4.69, 9.17) is 18.9 Å². The summed E-state index contributed by atoms with van der Waals surface area (Å²) in [6.07, 6.45) is -5.89. The summed E-state index contributed by atoms with van der Waals surface area (Å²) in [6, 6.07) is 6.06. The minimum Gasteiger partial charge on any atom is -0.508 e. The highest BCUT2D eigenvalue weighted by Crippen LogP contribution is 2.22. The van der Waals surface area contributed by atoms with Crippen molar-refractivity contribution in [1.29, 1.82) is 0 Å². The third-order valence-electron chi connectivity index (χ3n) is 4.36. The largest absolute Gasteiger partial charge is 0.508 e. The van der Waals surface area contributed by atoms with Crippen LogP contribution in [-0.2, 0) is 28.5 Å². The first-order chi connectivity index (χ1) is 14.7. The first-order valence-corrected chi connectivity index (χ1v) is 9.44. The Labute approximate surface area is 178 Å². The van der Waals surface area contributed by atoms with E-state index in [0.29, 0.717) is 5.56 Å². The molecule has 0 radical (unpaired) electrons. The molecule has 1 aromatic carbocycles. The summed E-state index contributed by atoms with van der Waals surface area (Å²) >= 11 is 0. The van der Waals surface area contributed by atoms with Crippen LogP contribution in [0.2, 0.25) is 0 Å². The molecule has 0 aliphatic carbocycles. The number of aromatic hydroxyl groups is 1. The normalized spacial score (nSPS) is 27.1. The van der Waals surface area contributed by atoms with Gasteiger partial charge in [0.15, 0.2) is 12.4 Å². The average molecular weight is 442 g/mol. The Hall–Kier alpha value is -2.54. The van der Waals surface area contributed by atoms with Gasteiger partial charge < -0.3 is 44.5 Å². The standard InChI is InChI=1S/C20H26O11/c1-11(22)28-9-14(30-16(24)7-4-12-2-5-13(23)6-3-12)10-29-20-19(27)18(26)17(25)15(8-21)31-20/h2-7,14-15,17-21,23,25-27H,8-10H2,1H3/b7-4+/t14-,15-,17-,18+,19-,20-/m1/s1. The van der Waals surface area contributed by atoms with Crippen molar-refractivity contribution in [3.8, 4) is 5.75 Å². The summed E-state index contributed by atoms with van der Waals surface area (Å²) in [5.41, 5.74) is 0.629. The molecule has 31 heavy (non-hydrogen) atoms. The summed E-state index contributed by atoms with van der Waals surface area (Å²) in [4.78, 5) is 23.2. The quantitative estimate of drug-likeness (QED) is 0.227. The van der Waals surface area contributed by atoms with Crippen molar-refractivity contribution in [3.05, 3.63) is 35.9 Å². The molecule has 2 rings (SSSR count). The van der Waals surface area contributed by atoms with Gasteiger partial charge in [-0.3, -0.25) is 4.79 Å². The summed E-state index contributed by atoms with van der Waals surface area (Å²) in [5, 5.41) is 48.1. The average Bonchev–Trinajstić information content (AvgIpc) is 2.74. The van der Waals surface area contributed by atoms with Crippen LogP contribution < -0.4 is 0 Å². The van der Waals surface area contributed by atoms with E-state index in [9.17, 15) is 35.1 Å². The summed E-state index contributed by atoms with van der Waals surface area (Å²) in [5.74, 6) is -1.32. The topological polar surface area (TPSA) is 172 Å². The molecule has 11 heteroatoms. The molecular formula is C20H26O11. The number of phenols is 1. The van der Waals surface area contributed by atoms with Crippen molar-refractivity contribution in [2.75, 3.05) is 19.8 Å². The van der Waals surface area contributed by atoms with E-state index in [-0.39, 0.29) is 19.0 Å². The van der Waals surface area contributed by atoms with Crippen LogP contribution in [0.3, 0.4) is 0 Å². The van der Waals surface area contributed by atoms with Crippen LogP contribution in [0.4, 0.5) is 0 Å². The van der Waals surface area contributed by atoms with Crippen molar-refractivity contribution in [3.63, 3.8) is 0 Å². The van der Waals surface area contributed by atoms with Gasteiger partial charge in [0.25, 0.3) is 0 Å². The minimum absolute atomic E-state index is 0.0755. The maximum Gasteiger partial charge on any atom is 0.331 e. The number of benzene rings is 1. The molecule has 0 bridgehead atoms. The van der Waals surface area contributed by atoms with E-state index >= 15 is 0 Å². The lowest BCUT2D eigenvalue weighted by molar-refractivity contribution is -0.305. The smallest absolute Gasteiger partial charge is 0.331 e. The lowest BCUT2D eigenvalue weighted by atomic mass is 9.99. The van der Waals surface area contributed by atoms with E-state index in [1.807, 2.05) is 0 Å². The zero-order valence-electron chi connectivity index (χ0n) is 16.7. The second-order valence-corrected chi connectivity index (χ2v) is 6.82. The van der Waals surface area contributed by atoms with Gasteiger partial charge in [0, 0.05) is 13.0 Å². The maximum absolute atomic E-state index is 12.1. The number of rotatable bonds is 9. The minimum atomic E-state index is -1.63. The molecule has 1 heterocycles. The highest BCUT2D eigenvalue weighted by atomic mass is 16.7. The lowest BCUT2D eigenvalue weighted by Crippen LogP contribution is -2.59. The summed E-state index contributed by atoms with van der Waals surface area (Å²) in [6.45, 7) is -0.179. The van der Waals surface area contributed by atoms with Crippen LogP contribution in [0.1, 0.15) is 12.5 Å². The maximum atomic E-state index is 12.1. The molecule has 0 aromatic heterocycles. The van der Waals surface area contributed by atoms with Gasteiger partial charge in [-0.15, -0.1) is 0 Å². The zero-order valence-corrected chi connectivity index (χ0v) is 16.7. The number of carbonyl (C=O) groups is 2. The van der Waals surface area contributed by atoms with Gasteiger partial charge in [0.2, 0.25) is 0 Å². The van der Waals surface area contributed by atoms with Crippen molar-refractivity contribution in [2.45, 2.75) is 43.7 Å². The van der Waals surface area contributed by atoms with E-state index < -0.39 is 55.4 Å². The van der Waals surface area contributed by atoms with E-state index in [1.165, 1.54) is 25.1 Å². The number of aliphatic hydroxyl groups is 4. The molecule has 1 aromatic rings. The third kappa shape index (κ3) is 7.58. The van der Waals surface area contributed by atoms with Gasteiger partial charge in [-0.25, -0.2) is 4.79 Å². The van der Waals surface area contributed by atoms with Gasteiger partial charge in [-0.1, -0.05) is 12.1 Å². The first kappa shape index (κ1) is 24.7. The Bertz CT molecular complexity index is 746. The fraction of sp³-hybridized carbons (Fsp3) is 0.500. The Morgan fingerprint density at radius 2 is 1.77 bits per heavy atom. The number of ether oxygens (including phenoxy) is 4. The van der Waals surface area contributed by atoms with Gasteiger partial charge >= 0.3 is 11.9 Å². The molecule has 172 valence electrons. The molecule has 1 aliphatic heterocycles. The second-order valence-electron chi connectivity index (χ2n) is 6.82. The van der Waals surface area contributed by atoms with Crippen molar-refractivity contribution in [2.24, 2.45) is 0 Å². The van der Waals surface area contributed by atoms with Crippen molar-refractivity contribution < 1.29 is 54.1 Å². The Balaban J connectivity index is 1.96. The first-order valence-electron chi connectivity index (χ1n) is 9.44. The Kier molecular flexibility index (Phi) is 9.37. The van der Waals surface area contributed by atoms with Gasteiger partial charge in [-0.2, -0.15) is 0 Å². The van der Waals surface area contributed by atoms with Crippen LogP contribution in [0.15, 0.2) is 30.3 Å². The molecule has 1 aliphatic rings. The van der Waals surface area contributed by atoms with Gasteiger partial charge in [0.05, 0.1) is 13.2 Å². The van der Waals surface area contributed by atoms with Crippen LogP contribution in [-0.4, -0.2) is 94.1 Å². The van der Waals surface area contributed by atoms with Crippen LogP contribution in [0.25, 0.3) is 6.08 Å². The van der Waals surface area contributed by atoms with Crippen LogP contribution in [0.5, 0.6) is 5.75 Å².